The van der Waals surface area contributed by atoms with Crippen LogP contribution in [0.5, 0.6) is 0 Å². The normalized spacial score (nSPS) is 10.9. The third kappa shape index (κ3) is 5.36. The average Bonchev–Trinajstić information content (AvgIpc) is 3.02. The molecule has 2 aromatic carbocycles. The van der Waals surface area contributed by atoms with Crippen LogP contribution in [-0.4, -0.2) is 43.0 Å². The van der Waals surface area contributed by atoms with Crippen molar-refractivity contribution in [2.75, 3.05) is 32.1 Å². The number of carbonyl (C=O) groups excluding carboxylic acids is 1. The van der Waals surface area contributed by atoms with Gasteiger partial charge in [-0.25, -0.2) is 4.98 Å². The second-order valence-electron chi connectivity index (χ2n) is 6.66. The van der Waals surface area contributed by atoms with E-state index in [4.69, 9.17) is 16.6 Å². The quantitative estimate of drug-likeness (QED) is 0.360. The highest BCUT2D eigenvalue weighted by Crippen LogP contribution is 2.34. The molecule has 0 aliphatic heterocycles. The molecule has 1 heterocycles. The topological polar surface area (TPSA) is 36.4 Å². The Morgan fingerprint density at radius 2 is 1.93 bits per heavy atom. The molecule has 0 N–H and O–H groups in total. The Hall–Kier alpha value is -0.930. The minimum atomic E-state index is -0.0124. The van der Waals surface area contributed by atoms with Crippen LogP contribution in [0.3, 0.4) is 0 Å². The molecule has 0 fully saturated rings. The predicted molar refractivity (Wildman–Crippen MR) is 131 cm³/mol. The van der Waals surface area contributed by atoms with Crippen LogP contribution in [0.15, 0.2) is 36.4 Å². The predicted octanol–water partition coefficient (Wildman–Crippen LogP) is 5.88. The Labute approximate surface area is 194 Å². The number of carbonyl (C=O) groups is 1. The molecule has 0 saturated heterocycles. The van der Waals surface area contributed by atoms with Gasteiger partial charge in [-0.05, 0) is 86.4 Å². The maximum absolute atomic E-state index is 13.3. The molecule has 1 aromatic heterocycles. The number of nitrogens with zero attached hydrogens (tertiary/aromatic N) is 3. The van der Waals surface area contributed by atoms with Gasteiger partial charge in [0.1, 0.15) is 0 Å². The van der Waals surface area contributed by atoms with Gasteiger partial charge >= 0.3 is 0 Å². The van der Waals surface area contributed by atoms with E-state index in [-0.39, 0.29) is 18.3 Å². The number of fused-ring (bicyclic) bond motifs is 1. The summed E-state index contributed by atoms with van der Waals surface area (Å²) in [6, 6.07) is 11.5. The maximum atomic E-state index is 13.3. The van der Waals surface area contributed by atoms with Crippen molar-refractivity contribution in [3.8, 4) is 0 Å². The monoisotopic (exact) mass is 549 g/mol. The minimum Gasteiger partial charge on any atom is -0.309 e. The minimum absolute atomic E-state index is 0. The SMILES string of the molecule is Cc1cc(Cl)cc2sc(N(CCCN(C)C)C(=O)c3ccccc3I)nc12.Cl. The first-order valence-corrected chi connectivity index (χ1v) is 10.9. The molecule has 0 aliphatic rings. The second-order valence-corrected chi connectivity index (χ2v) is 9.27. The Balaban J connectivity index is 0.00000280. The molecule has 3 aromatic rings. The van der Waals surface area contributed by atoms with Crippen molar-refractivity contribution < 1.29 is 4.79 Å². The highest BCUT2D eigenvalue weighted by atomic mass is 127. The van der Waals surface area contributed by atoms with Crippen LogP contribution in [0.25, 0.3) is 10.2 Å². The van der Waals surface area contributed by atoms with E-state index in [1.54, 1.807) is 4.90 Å². The summed E-state index contributed by atoms with van der Waals surface area (Å²) in [4.78, 5) is 22.0. The number of hydrogen-bond acceptors (Lipinski definition) is 4. The van der Waals surface area contributed by atoms with E-state index in [0.717, 1.165) is 37.4 Å². The summed E-state index contributed by atoms with van der Waals surface area (Å²) in [5.41, 5.74) is 2.64. The molecule has 0 unspecified atom stereocenters. The number of aryl methyl sites for hydroxylation is 1. The number of halogens is 3. The van der Waals surface area contributed by atoms with Gasteiger partial charge in [0.15, 0.2) is 5.13 Å². The van der Waals surface area contributed by atoms with Crippen LogP contribution in [-0.2, 0) is 0 Å². The number of thiazole rings is 1. The van der Waals surface area contributed by atoms with E-state index in [1.807, 2.05) is 57.4 Å². The van der Waals surface area contributed by atoms with Gasteiger partial charge in [0.25, 0.3) is 5.91 Å². The summed E-state index contributed by atoms with van der Waals surface area (Å²) < 4.78 is 1.95. The molecule has 4 nitrogen and oxygen atoms in total. The highest BCUT2D eigenvalue weighted by molar-refractivity contribution is 14.1. The molecule has 0 atom stereocenters. The molecule has 0 radical (unpaired) electrons. The van der Waals surface area contributed by atoms with Crippen molar-refractivity contribution >= 4 is 79.2 Å². The van der Waals surface area contributed by atoms with Crippen molar-refractivity contribution in [2.24, 2.45) is 0 Å². The summed E-state index contributed by atoms with van der Waals surface area (Å²) in [6.07, 6.45) is 0.873. The Kier molecular flexibility index (Phi) is 8.51. The van der Waals surface area contributed by atoms with E-state index in [2.05, 4.69) is 27.5 Å². The summed E-state index contributed by atoms with van der Waals surface area (Å²) in [5.74, 6) is -0.0124. The molecule has 28 heavy (non-hydrogen) atoms. The Bertz CT molecular complexity index is 977. The third-order valence-corrected chi connectivity index (χ3v) is 6.39. The molecule has 0 saturated carbocycles. The van der Waals surface area contributed by atoms with Crippen LogP contribution in [0, 0.1) is 10.5 Å². The lowest BCUT2D eigenvalue weighted by Crippen LogP contribution is -2.33. The van der Waals surface area contributed by atoms with Gasteiger partial charge in [-0.1, -0.05) is 35.1 Å². The zero-order valence-corrected chi connectivity index (χ0v) is 20.5. The van der Waals surface area contributed by atoms with Gasteiger partial charge in [0.2, 0.25) is 0 Å². The van der Waals surface area contributed by atoms with Gasteiger partial charge in [-0.2, -0.15) is 0 Å². The fourth-order valence-electron chi connectivity index (χ4n) is 2.87. The molecule has 1 amide bonds. The molecule has 0 spiro atoms. The summed E-state index contributed by atoms with van der Waals surface area (Å²) in [6.45, 7) is 3.52. The lowest BCUT2D eigenvalue weighted by Gasteiger charge is -2.21. The van der Waals surface area contributed by atoms with Crippen molar-refractivity contribution in [1.82, 2.24) is 9.88 Å². The van der Waals surface area contributed by atoms with Gasteiger partial charge in [-0.15, -0.1) is 12.4 Å². The first-order chi connectivity index (χ1) is 12.9. The number of benzene rings is 2. The third-order valence-electron chi connectivity index (χ3n) is 4.21. The van der Waals surface area contributed by atoms with E-state index < -0.39 is 0 Å². The summed E-state index contributed by atoms with van der Waals surface area (Å²) in [5, 5.41) is 1.41. The van der Waals surface area contributed by atoms with E-state index in [9.17, 15) is 4.79 Å². The average molecular weight is 550 g/mol. The molecule has 0 aliphatic carbocycles. The summed E-state index contributed by atoms with van der Waals surface area (Å²) >= 11 is 9.93. The lowest BCUT2D eigenvalue weighted by atomic mass is 10.2. The Morgan fingerprint density at radius 3 is 2.61 bits per heavy atom. The van der Waals surface area contributed by atoms with Gasteiger partial charge in [0, 0.05) is 15.1 Å². The molecular weight excluding hydrogens is 528 g/mol. The van der Waals surface area contributed by atoms with Crippen LogP contribution >= 0.6 is 57.9 Å². The molecule has 3 rings (SSSR count). The molecule has 150 valence electrons. The molecule has 8 heteroatoms. The van der Waals surface area contributed by atoms with Crippen molar-refractivity contribution in [3.63, 3.8) is 0 Å². The van der Waals surface area contributed by atoms with Crippen LogP contribution in [0.4, 0.5) is 5.13 Å². The van der Waals surface area contributed by atoms with E-state index >= 15 is 0 Å². The number of hydrogen-bond donors (Lipinski definition) is 0. The van der Waals surface area contributed by atoms with Crippen LogP contribution < -0.4 is 4.90 Å². The number of aromatic nitrogens is 1. The lowest BCUT2D eigenvalue weighted by molar-refractivity contribution is 0.0985. The van der Waals surface area contributed by atoms with Crippen molar-refractivity contribution in [1.29, 1.82) is 0 Å². The first-order valence-electron chi connectivity index (χ1n) is 8.64. The van der Waals surface area contributed by atoms with Gasteiger partial charge < -0.3 is 4.90 Å². The first kappa shape index (κ1) is 23.3. The number of rotatable bonds is 6. The smallest absolute Gasteiger partial charge is 0.261 e. The fraction of sp³-hybridized carbons (Fsp3) is 0.300. The number of anilines is 1. The zero-order valence-electron chi connectivity index (χ0n) is 15.9. The van der Waals surface area contributed by atoms with Crippen LogP contribution in [0.1, 0.15) is 22.3 Å². The van der Waals surface area contributed by atoms with Crippen LogP contribution in [0.2, 0.25) is 5.02 Å². The fourth-order valence-corrected chi connectivity index (χ4v) is 4.93. The van der Waals surface area contributed by atoms with E-state index in [1.165, 1.54) is 11.3 Å². The van der Waals surface area contributed by atoms with Crippen molar-refractivity contribution in [3.05, 3.63) is 56.1 Å². The van der Waals surface area contributed by atoms with Gasteiger partial charge in [-0.3, -0.25) is 9.69 Å². The Morgan fingerprint density at radius 1 is 1.21 bits per heavy atom. The molecular formula is C20H22Cl2IN3OS. The number of amides is 1. The summed E-state index contributed by atoms with van der Waals surface area (Å²) in [7, 11) is 4.07. The largest absolute Gasteiger partial charge is 0.309 e. The standard InChI is InChI=1S/C20H21ClIN3OS.ClH/c1-13-11-14(21)12-17-18(13)23-20(27-17)25(10-6-9-24(2)3)19(26)15-7-4-5-8-16(15)22;/h4-5,7-8,11-12H,6,9-10H2,1-3H3;1H. The second kappa shape index (κ2) is 10.2. The van der Waals surface area contributed by atoms with Crippen molar-refractivity contribution in [2.45, 2.75) is 13.3 Å². The van der Waals surface area contributed by atoms with Gasteiger partial charge in [0.05, 0.1) is 15.8 Å². The highest BCUT2D eigenvalue weighted by Gasteiger charge is 2.23. The zero-order chi connectivity index (χ0) is 19.6. The molecule has 0 bridgehead atoms. The maximum Gasteiger partial charge on any atom is 0.261 e. The van der Waals surface area contributed by atoms with E-state index in [0.29, 0.717) is 17.1 Å².